The third kappa shape index (κ3) is 5.82. The normalized spacial score (nSPS) is 12.9. The number of rotatable bonds is 11. The number of hydrogen-bond acceptors (Lipinski definition) is 3. The molecule has 0 heterocycles. The molecule has 3 aromatic carbocycles. The molecule has 3 rings (SSSR count). The zero-order valence-corrected chi connectivity index (χ0v) is 21.6. The molecule has 3 aromatic rings. The molecule has 3 heteroatoms. The maximum atomic E-state index is 9.99. The lowest BCUT2D eigenvalue weighted by Crippen LogP contribution is -2.33. The van der Waals surface area contributed by atoms with Crippen LogP contribution in [0.1, 0.15) is 69.7 Å². The number of aryl methyl sites for hydroxylation is 1. The molecule has 1 atom stereocenters. The van der Waals surface area contributed by atoms with Crippen LogP contribution in [0.15, 0.2) is 72.8 Å². The van der Waals surface area contributed by atoms with Crippen LogP contribution in [0.3, 0.4) is 0 Å². The standard InChI is InChI=1S/C31H40O3/c1-7-31(8-2,26-14-17-28(18-15-26)33-21-25-12-10-9-11-13-25)27-16-19-29(23(3)20-27)34-22-30(5,6)24(4)32/h9-20,24,32H,7-8,21-22H2,1-6H3. The molecule has 0 aliphatic rings. The van der Waals surface area contributed by atoms with Crippen LogP contribution in [-0.2, 0) is 12.0 Å². The van der Waals surface area contributed by atoms with Gasteiger partial charge in [-0.3, -0.25) is 0 Å². The molecule has 34 heavy (non-hydrogen) atoms. The lowest BCUT2D eigenvalue weighted by atomic mass is 9.70. The summed E-state index contributed by atoms with van der Waals surface area (Å²) in [6, 6.07) is 25.4. The van der Waals surface area contributed by atoms with Gasteiger partial charge in [0.1, 0.15) is 18.1 Å². The van der Waals surface area contributed by atoms with Crippen molar-refractivity contribution in [2.24, 2.45) is 5.41 Å². The zero-order valence-electron chi connectivity index (χ0n) is 21.6. The van der Waals surface area contributed by atoms with E-state index in [2.05, 4.69) is 75.4 Å². The van der Waals surface area contributed by atoms with Gasteiger partial charge in [0, 0.05) is 10.8 Å². The minimum Gasteiger partial charge on any atom is -0.493 e. The van der Waals surface area contributed by atoms with Crippen molar-refractivity contribution in [1.29, 1.82) is 0 Å². The Hall–Kier alpha value is -2.78. The van der Waals surface area contributed by atoms with Crippen molar-refractivity contribution in [3.8, 4) is 11.5 Å². The van der Waals surface area contributed by atoms with Crippen molar-refractivity contribution in [2.45, 2.75) is 72.5 Å². The number of benzene rings is 3. The SMILES string of the molecule is CCC(CC)(c1ccc(OCc2ccccc2)cc1)c1ccc(OCC(C)(C)C(C)O)c(C)c1. The van der Waals surface area contributed by atoms with E-state index in [0.717, 1.165) is 35.5 Å². The average molecular weight is 461 g/mol. The highest BCUT2D eigenvalue weighted by atomic mass is 16.5. The summed E-state index contributed by atoms with van der Waals surface area (Å²) in [6.45, 7) is 13.5. The summed E-state index contributed by atoms with van der Waals surface area (Å²) in [7, 11) is 0. The predicted octanol–water partition coefficient (Wildman–Crippen LogP) is 7.47. The Labute approximate surface area is 205 Å². The first-order chi connectivity index (χ1) is 16.2. The number of aliphatic hydroxyl groups is 1. The van der Waals surface area contributed by atoms with Crippen LogP contribution in [0.25, 0.3) is 0 Å². The molecule has 182 valence electrons. The molecule has 0 bridgehead atoms. The first-order valence-electron chi connectivity index (χ1n) is 12.4. The van der Waals surface area contributed by atoms with Crippen LogP contribution in [0, 0.1) is 12.3 Å². The molecule has 3 nitrogen and oxygen atoms in total. The number of aliphatic hydroxyl groups excluding tert-OH is 1. The van der Waals surface area contributed by atoms with Gasteiger partial charge in [-0.25, -0.2) is 0 Å². The maximum absolute atomic E-state index is 9.99. The molecule has 0 fully saturated rings. The van der Waals surface area contributed by atoms with Gasteiger partial charge < -0.3 is 14.6 Å². The molecule has 1 N–H and O–H groups in total. The van der Waals surface area contributed by atoms with E-state index in [4.69, 9.17) is 9.47 Å². The van der Waals surface area contributed by atoms with Crippen LogP contribution in [-0.4, -0.2) is 17.8 Å². The second-order valence-electron chi connectivity index (χ2n) is 10.0. The molecular weight excluding hydrogens is 420 g/mol. The first-order valence-corrected chi connectivity index (χ1v) is 12.4. The molecule has 0 saturated heterocycles. The van der Waals surface area contributed by atoms with Crippen LogP contribution < -0.4 is 9.47 Å². The van der Waals surface area contributed by atoms with Crippen LogP contribution in [0.4, 0.5) is 0 Å². The van der Waals surface area contributed by atoms with Crippen molar-refractivity contribution in [3.05, 3.63) is 95.1 Å². The molecule has 0 radical (unpaired) electrons. The Bertz CT molecular complexity index is 1030. The molecule has 0 aliphatic heterocycles. The zero-order chi connectivity index (χ0) is 24.8. The van der Waals surface area contributed by atoms with Crippen molar-refractivity contribution in [3.63, 3.8) is 0 Å². The van der Waals surface area contributed by atoms with Crippen LogP contribution in [0.2, 0.25) is 0 Å². The number of hydrogen-bond donors (Lipinski definition) is 1. The van der Waals surface area contributed by atoms with Gasteiger partial charge in [-0.1, -0.05) is 82.3 Å². The highest BCUT2D eigenvalue weighted by Gasteiger charge is 2.31. The van der Waals surface area contributed by atoms with E-state index in [1.165, 1.54) is 11.1 Å². The van der Waals surface area contributed by atoms with Gasteiger partial charge in [-0.15, -0.1) is 0 Å². The van der Waals surface area contributed by atoms with E-state index in [0.29, 0.717) is 13.2 Å². The van der Waals surface area contributed by atoms with E-state index in [1.54, 1.807) is 0 Å². The molecule has 0 aliphatic carbocycles. The predicted molar refractivity (Wildman–Crippen MR) is 141 cm³/mol. The lowest BCUT2D eigenvalue weighted by Gasteiger charge is -2.34. The van der Waals surface area contributed by atoms with E-state index in [-0.39, 0.29) is 10.8 Å². The van der Waals surface area contributed by atoms with E-state index >= 15 is 0 Å². The lowest BCUT2D eigenvalue weighted by molar-refractivity contribution is 0.0282. The maximum Gasteiger partial charge on any atom is 0.122 e. The largest absolute Gasteiger partial charge is 0.493 e. The third-order valence-corrected chi connectivity index (χ3v) is 7.32. The van der Waals surface area contributed by atoms with E-state index in [9.17, 15) is 5.11 Å². The Morgan fingerprint density at radius 2 is 1.44 bits per heavy atom. The Morgan fingerprint density at radius 3 is 2.00 bits per heavy atom. The molecule has 0 saturated carbocycles. The summed E-state index contributed by atoms with van der Waals surface area (Å²) in [4.78, 5) is 0. The molecule has 0 spiro atoms. The van der Waals surface area contributed by atoms with Crippen molar-refractivity contribution < 1.29 is 14.6 Å². The van der Waals surface area contributed by atoms with Crippen LogP contribution in [0.5, 0.6) is 11.5 Å². The average Bonchev–Trinajstić information content (AvgIpc) is 2.84. The Kier molecular flexibility index (Phi) is 8.43. The summed E-state index contributed by atoms with van der Waals surface area (Å²) < 4.78 is 12.1. The van der Waals surface area contributed by atoms with Gasteiger partial charge >= 0.3 is 0 Å². The number of ether oxygens (including phenoxy) is 2. The summed E-state index contributed by atoms with van der Waals surface area (Å²) in [6.07, 6.45) is 1.57. The summed E-state index contributed by atoms with van der Waals surface area (Å²) in [5, 5.41) is 9.99. The van der Waals surface area contributed by atoms with Crippen LogP contribution >= 0.6 is 0 Å². The molecule has 0 amide bonds. The quantitative estimate of drug-likeness (QED) is 0.323. The fourth-order valence-electron chi connectivity index (χ4n) is 4.34. The minimum absolute atomic E-state index is 0.0693. The summed E-state index contributed by atoms with van der Waals surface area (Å²) in [5.41, 5.74) is 4.51. The van der Waals surface area contributed by atoms with Crippen molar-refractivity contribution in [2.75, 3.05) is 6.61 Å². The van der Waals surface area contributed by atoms with Gasteiger partial charge in [0.25, 0.3) is 0 Å². The topological polar surface area (TPSA) is 38.7 Å². The monoisotopic (exact) mass is 460 g/mol. The van der Waals surface area contributed by atoms with E-state index in [1.807, 2.05) is 39.0 Å². The third-order valence-electron chi connectivity index (χ3n) is 7.32. The highest BCUT2D eigenvalue weighted by Crippen LogP contribution is 2.41. The first kappa shape index (κ1) is 25.8. The van der Waals surface area contributed by atoms with Gasteiger partial charge in [-0.05, 0) is 67.1 Å². The molecule has 0 aromatic heterocycles. The van der Waals surface area contributed by atoms with Crippen molar-refractivity contribution in [1.82, 2.24) is 0 Å². The van der Waals surface area contributed by atoms with Crippen molar-refractivity contribution >= 4 is 0 Å². The van der Waals surface area contributed by atoms with Gasteiger partial charge in [0.05, 0.1) is 12.7 Å². The van der Waals surface area contributed by atoms with Gasteiger partial charge in [0.2, 0.25) is 0 Å². The summed E-state index contributed by atoms with van der Waals surface area (Å²) >= 11 is 0. The minimum atomic E-state index is -0.431. The summed E-state index contributed by atoms with van der Waals surface area (Å²) in [5.74, 6) is 1.76. The molecular formula is C31H40O3. The smallest absolute Gasteiger partial charge is 0.122 e. The molecule has 1 unspecified atom stereocenters. The Morgan fingerprint density at radius 1 is 0.824 bits per heavy atom. The van der Waals surface area contributed by atoms with Gasteiger partial charge in [-0.2, -0.15) is 0 Å². The highest BCUT2D eigenvalue weighted by molar-refractivity contribution is 5.46. The Balaban J connectivity index is 1.79. The second-order valence-corrected chi connectivity index (χ2v) is 10.0. The van der Waals surface area contributed by atoms with Gasteiger partial charge in [0.15, 0.2) is 0 Å². The fraction of sp³-hybridized carbons (Fsp3) is 0.419. The fourth-order valence-corrected chi connectivity index (χ4v) is 4.34. The van der Waals surface area contributed by atoms with E-state index < -0.39 is 6.10 Å². The second kappa shape index (κ2) is 11.1.